The zero-order valence-electron chi connectivity index (χ0n) is 11.0. The van der Waals surface area contributed by atoms with E-state index in [2.05, 4.69) is 40.5 Å². The van der Waals surface area contributed by atoms with Crippen molar-refractivity contribution in [1.82, 2.24) is 24.6 Å². The van der Waals surface area contributed by atoms with Crippen LogP contribution in [0.15, 0.2) is 35.1 Å². The van der Waals surface area contributed by atoms with Gasteiger partial charge >= 0.3 is 0 Å². The summed E-state index contributed by atoms with van der Waals surface area (Å²) in [6, 6.07) is 6.07. The van der Waals surface area contributed by atoms with Gasteiger partial charge < -0.3 is 0 Å². The van der Waals surface area contributed by atoms with Gasteiger partial charge in [0, 0.05) is 27.6 Å². The Hall–Kier alpha value is -2.34. The summed E-state index contributed by atoms with van der Waals surface area (Å²) in [5.74, 6) is 0. The number of aryl methyl sites for hydroxylation is 1. The average molecular weight is 338 g/mol. The molecule has 0 spiro atoms. The van der Waals surface area contributed by atoms with Crippen molar-refractivity contribution in [2.45, 2.75) is 6.92 Å². The lowest BCUT2D eigenvalue weighted by Gasteiger charge is -2.12. The Labute approximate surface area is 127 Å². The summed E-state index contributed by atoms with van der Waals surface area (Å²) in [6.45, 7) is 1.96. The number of fused-ring (bicyclic) bond motifs is 3. The molecule has 4 aromatic heterocycles. The van der Waals surface area contributed by atoms with Crippen molar-refractivity contribution in [1.29, 1.82) is 0 Å². The number of rotatable bonds is 0. The van der Waals surface area contributed by atoms with E-state index in [4.69, 9.17) is 0 Å². The van der Waals surface area contributed by atoms with Crippen LogP contribution in [0.5, 0.6) is 0 Å². The standard InChI is InChI=1S/C15H8BrN5/c1-7-14-19-20-15-9-6-17-5-4-8(9)12-10(16)2-3-11(18-7)13(12)21(14)15/h2-6H,1H3. The first-order valence-corrected chi connectivity index (χ1v) is 7.33. The minimum absolute atomic E-state index is 0.798. The number of nitrogens with zero attached hydrogens (tertiary/aromatic N) is 5. The predicted octanol–water partition coefficient (Wildman–Crippen LogP) is 3.49. The van der Waals surface area contributed by atoms with Crippen LogP contribution in [0.1, 0.15) is 5.69 Å². The summed E-state index contributed by atoms with van der Waals surface area (Å²) in [5, 5.41) is 11.9. The highest BCUT2D eigenvalue weighted by molar-refractivity contribution is 9.10. The maximum absolute atomic E-state index is 4.67. The summed E-state index contributed by atoms with van der Waals surface area (Å²) in [4.78, 5) is 8.91. The van der Waals surface area contributed by atoms with Crippen LogP contribution < -0.4 is 0 Å². The Balaban J connectivity index is 2.33. The van der Waals surface area contributed by atoms with Gasteiger partial charge in [0.1, 0.15) is 0 Å². The van der Waals surface area contributed by atoms with Crippen LogP contribution >= 0.6 is 15.9 Å². The van der Waals surface area contributed by atoms with Crippen LogP contribution in [0.2, 0.25) is 0 Å². The molecule has 0 aliphatic heterocycles. The van der Waals surface area contributed by atoms with E-state index in [0.29, 0.717) is 0 Å². The van der Waals surface area contributed by atoms with Gasteiger partial charge in [-0.25, -0.2) is 4.98 Å². The molecule has 6 heteroatoms. The molecule has 0 radical (unpaired) electrons. The van der Waals surface area contributed by atoms with Gasteiger partial charge in [0.15, 0.2) is 11.3 Å². The fraction of sp³-hybridized carbons (Fsp3) is 0.0667. The van der Waals surface area contributed by atoms with Crippen molar-refractivity contribution < 1.29 is 0 Å². The highest BCUT2D eigenvalue weighted by Gasteiger charge is 2.19. The molecule has 0 atom stereocenters. The van der Waals surface area contributed by atoms with Crippen molar-refractivity contribution in [3.05, 3.63) is 40.8 Å². The third-order valence-electron chi connectivity index (χ3n) is 3.94. The molecule has 0 N–H and O–H groups in total. The highest BCUT2D eigenvalue weighted by atomic mass is 79.9. The molecule has 0 aliphatic rings. The summed E-state index contributed by atoms with van der Waals surface area (Å²) >= 11 is 3.67. The van der Waals surface area contributed by atoms with Gasteiger partial charge in [-0.2, -0.15) is 0 Å². The lowest BCUT2D eigenvalue weighted by atomic mass is 10.1. The van der Waals surface area contributed by atoms with Crippen LogP contribution in [0.4, 0.5) is 0 Å². The Morgan fingerprint density at radius 3 is 2.81 bits per heavy atom. The van der Waals surface area contributed by atoms with E-state index in [-0.39, 0.29) is 0 Å². The summed E-state index contributed by atoms with van der Waals surface area (Å²) in [6.07, 6.45) is 3.64. The molecule has 0 bridgehead atoms. The lowest BCUT2D eigenvalue weighted by Crippen LogP contribution is -1.99. The molecular weight excluding hydrogens is 330 g/mol. The van der Waals surface area contributed by atoms with E-state index in [9.17, 15) is 0 Å². The third-order valence-corrected chi connectivity index (χ3v) is 4.60. The number of aromatic nitrogens is 5. The molecule has 21 heavy (non-hydrogen) atoms. The molecule has 5 aromatic rings. The second-order valence-corrected chi connectivity index (χ2v) is 5.95. The van der Waals surface area contributed by atoms with Crippen molar-refractivity contribution in [3.8, 4) is 0 Å². The molecule has 1 aromatic carbocycles. The monoisotopic (exact) mass is 337 g/mol. The fourth-order valence-corrected chi connectivity index (χ4v) is 3.59. The third kappa shape index (κ3) is 1.26. The highest BCUT2D eigenvalue weighted by Crippen LogP contribution is 2.36. The van der Waals surface area contributed by atoms with E-state index in [0.717, 1.165) is 48.7 Å². The summed E-state index contributed by atoms with van der Waals surface area (Å²) < 4.78 is 3.12. The molecule has 5 nitrogen and oxygen atoms in total. The minimum atomic E-state index is 0.798. The van der Waals surface area contributed by atoms with Gasteiger partial charge in [-0.3, -0.25) is 9.38 Å². The Morgan fingerprint density at radius 1 is 1.05 bits per heavy atom. The smallest absolute Gasteiger partial charge is 0.183 e. The molecule has 0 unspecified atom stereocenters. The number of hydrogen-bond donors (Lipinski definition) is 0. The predicted molar refractivity (Wildman–Crippen MR) is 84.7 cm³/mol. The first-order chi connectivity index (χ1) is 10.3. The number of halogens is 1. The number of pyridine rings is 2. The number of hydrogen-bond acceptors (Lipinski definition) is 4. The van der Waals surface area contributed by atoms with Crippen LogP contribution in [-0.2, 0) is 0 Å². The van der Waals surface area contributed by atoms with E-state index in [1.54, 1.807) is 6.20 Å². The van der Waals surface area contributed by atoms with Crippen LogP contribution in [-0.4, -0.2) is 24.6 Å². The van der Waals surface area contributed by atoms with Crippen LogP contribution in [0.3, 0.4) is 0 Å². The second kappa shape index (κ2) is 3.65. The molecule has 0 amide bonds. The lowest BCUT2D eigenvalue weighted by molar-refractivity contribution is 1.12. The van der Waals surface area contributed by atoms with Crippen LogP contribution in [0.25, 0.3) is 38.5 Å². The van der Waals surface area contributed by atoms with Crippen molar-refractivity contribution >= 4 is 54.4 Å². The normalized spacial score (nSPS) is 12.3. The minimum Gasteiger partial charge on any atom is -0.271 e. The quantitative estimate of drug-likeness (QED) is 0.320. The average Bonchev–Trinajstić information content (AvgIpc) is 2.95. The Bertz CT molecular complexity index is 1160. The van der Waals surface area contributed by atoms with Gasteiger partial charge in [0.2, 0.25) is 0 Å². The molecule has 0 saturated carbocycles. The van der Waals surface area contributed by atoms with Crippen molar-refractivity contribution in [3.63, 3.8) is 0 Å². The largest absolute Gasteiger partial charge is 0.271 e. The molecule has 4 heterocycles. The fourth-order valence-electron chi connectivity index (χ4n) is 3.05. The number of benzene rings is 1. The van der Waals surface area contributed by atoms with E-state index in [1.165, 1.54) is 0 Å². The maximum atomic E-state index is 4.67. The van der Waals surface area contributed by atoms with Gasteiger partial charge in [0.25, 0.3) is 0 Å². The molecule has 5 rings (SSSR count). The molecule has 0 fully saturated rings. The summed E-state index contributed by atoms with van der Waals surface area (Å²) in [7, 11) is 0. The van der Waals surface area contributed by atoms with E-state index in [1.807, 2.05) is 31.3 Å². The first-order valence-electron chi connectivity index (χ1n) is 6.54. The molecular formula is C15H8BrN5. The maximum Gasteiger partial charge on any atom is 0.183 e. The Kier molecular flexibility index (Phi) is 1.97. The van der Waals surface area contributed by atoms with Crippen molar-refractivity contribution in [2.24, 2.45) is 0 Å². The molecule has 100 valence electrons. The SMILES string of the molecule is Cc1nc2ccc(Br)c3c4ccncc4c4nnc1n4c23. The van der Waals surface area contributed by atoms with Crippen LogP contribution in [0, 0.1) is 6.92 Å². The zero-order valence-corrected chi connectivity index (χ0v) is 12.6. The molecule has 0 aliphatic carbocycles. The molecule has 0 saturated heterocycles. The first kappa shape index (κ1) is 11.3. The zero-order chi connectivity index (χ0) is 14.1. The van der Waals surface area contributed by atoms with Gasteiger partial charge in [-0.1, -0.05) is 15.9 Å². The van der Waals surface area contributed by atoms with Gasteiger partial charge in [0.05, 0.1) is 16.7 Å². The summed E-state index contributed by atoms with van der Waals surface area (Å²) in [5.41, 5.74) is 4.49. The van der Waals surface area contributed by atoms with Crippen molar-refractivity contribution in [2.75, 3.05) is 0 Å². The van der Waals surface area contributed by atoms with E-state index >= 15 is 0 Å². The second-order valence-electron chi connectivity index (χ2n) is 5.09. The van der Waals surface area contributed by atoms with Gasteiger partial charge in [-0.05, 0) is 30.5 Å². The topological polar surface area (TPSA) is 56.0 Å². The van der Waals surface area contributed by atoms with Gasteiger partial charge in [-0.15, -0.1) is 10.2 Å². The van der Waals surface area contributed by atoms with E-state index < -0.39 is 0 Å². The Morgan fingerprint density at radius 2 is 1.90 bits per heavy atom.